The van der Waals surface area contributed by atoms with Crippen molar-refractivity contribution >= 4 is 34.2 Å². The lowest BCUT2D eigenvalue weighted by atomic mass is 10.0. The maximum absolute atomic E-state index is 11.2. The van der Waals surface area contributed by atoms with Crippen molar-refractivity contribution in [1.29, 1.82) is 0 Å². The zero-order valence-electron chi connectivity index (χ0n) is 10.9. The monoisotopic (exact) mass is 317 g/mol. The second-order valence-electron chi connectivity index (χ2n) is 4.53. The zero-order chi connectivity index (χ0) is 15.9. The number of hydrogen-bond acceptors (Lipinski definition) is 4. The Bertz CT molecular complexity index is 920. The number of fused-ring (bicyclic) bond motifs is 1. The predicted octanol–water partition coefficient (Wildman–Crippen LogP) is 3.49. The number of rotatable bonds is 3. The van der Waals surface area contributed by atoms with Crippen molar-refractivity contribution in [2.24, 2.45) is 0 Å². The highest BCUT2D eigenvalue weighted by Crippen LogP contribution is 2.33. The lowest BCUT2D eigenvalue weighted by Crippen LogP contribution is -1.96. The molecule has 3 rings (SSSR count). The molecule has 0 fully saturated rings. The van der Waals surface area contributed by atoms with Crippen LogP contribution in [0.15, 0.2) is 36.4 Å². The van der Waals surface area contributed by atoms with Crippen molar-refractivity contribution in [3.63, 3.8) is 0 Å². The van der Waals surface area contributed by atoms with Gasteiger partial charge in [0.25, 0.3) is 5.69 Å². The summed E-state index contributed by atoms with van der Waals surface area (Å²) in [6.45, 7) is 0. The van der Waals surface area contributed by atoms with Gasteiger partial charge in [0.15, 0.2) is 0 Å². The van der Waals surface area contributed by atoms with Gasteiger partial charge in [0.05, 0.1) is 16.0 Å². The van der Waals surface area contributed by atoms with E-state index < -0.39 is 10.9 Å². The topological polar surface area (TPSA) is 109 Å². The minimum atomic E-state index is -1.08. The molecule has 7 nitrogen and oxygen atoms in total. The summed E-state index contributed by atoms with van der Waals surface area (Å²) in [6, 6.07) is 9.06. The van der Waals surface area contributed by atoms with E-state index in [-0.39, 0.29) is 16.3 Å². The Hall–Kier alpha value is -2.93. The second-order valence-corrected chi connectivity index (χ2v) is 4.94. The Kier molecular flexibility index (Phi) is 3.26. The fourth-order valence-corrected chi connectivity index (χ4v) is 2.43. The van der Waals surface area contributed by atoms with Crippen LogP contribution >= 0.6 is 11.6 Å². The number of aromatic nitrogens is 2. The van der Waals surface area contributed by atoms with Crippen molar-refractivity contribution in [1.82, 2.24) is 10.2 Å². The molecular formula is C14H8ClN3O4. The summed E-state index contributed by atoms with van der Waals surface area (Å²) in [4.78, 5) is 21.6. The van der Waals surface area contributed by atoms with E-state index in [0.717, 1.165) is 0 Å². The second kappa shape index (κ2) is 5.12. The molecule has 0 unspecified atom stereocenters. The van der Waals surface area contributed by atoms with Gasteiger partial charge in [-0.1, -0.05) is 29.8 Å². The van der Waals surface area contributed by atoms with Gasteiger partial charge in [-0.3, -0.25) is 15.2 Å². The number of nitro groups is 1. The summed E-state index contributed by atoms with van der Waals surface area (Å²) in [5, 5.41) is 27.5. The third-order valence-electron chi connectivity index (χ3n) is 3.25. The van der Waals surface area contributed by atoms with Gasteiger partial charge in [-0.15, -0.1) is 0 Å². The molecule has 0 aliphatic rings. The SMILES string of the molecule is O=C(O)c1cccc2c(-c3ccc(Cl)c([N+](=O)[O-])c3)n[nH]c12. The number of carboxylic acids is 1. The number of nitro benzene ring substituents is 1. The number of benzene rings is 2. The minimum absolute atomic E-state index is 0.0276. The molecule has 3 aromatic rings. The summed E-state index contributed by atoms with van der Waals surface area (Å²) >= 11 is 5.79. The van der Waals surface area contributed by atoms with Crippen molar-refractivity contribution in [3.05, 3.63) is 57.1 Å². The largest absolute Gasteiger partial charge is 0.478 e. The van der Waals surface area contributed by atoms with Gasteiger partial charge in [-0.2, -0.15) is 5.10 Å². The van der Waals surface area contributed by atoms with Gasteiger partial charge < -0.3 is 5.11 Å². The van der Waals surface area contributed by atoms with E-state index in [1.807, 2.05) is 0 Å². The predicted molar refractivity (Wildman–Crippen MR) is 80.2 cm³/mol. The van der Waals surface area contributed by atoms with Crippen LogP contribution in [0.2, 0.25) is 5.02 Å². The molecule has 0 atom stereocenters. The van der Waals surface area contributed by atoms with Crippen molar-refractivity contribution in [3.8, 4) is 11.3 Å². The van der Waals surface area contributed by atoms with Crippen LogP contribution in [0, 0.1) is 10.1 Å². The summed E-state index contributed by atoms with van der Waals surface area (Å²) in [5.41, 5.74) is 1.12. The molecule has 110 valence electrons. The number of aromatic carboxylic acids is 1. The van der Waals surface area contributed by atoms with Crippen LogP contribution in [0.4, 0.5) is 5.69 Å². The number of nitrogens with one attached hydrogen (secondary N) is 1. The Labute approximate surface area is 128 Å². The van der Waals surface area contributed by atoms with Crippen LogP contribution in [0.25, 0.3) is 22.2 Å². The van der Waals surface area contributed by atoms with E-state index in [1.165, 1.54) is 18.2 Å². The molecule has 0 saturated heterocycles. The highest BCUT2D eigenvalue weighted by Gasteiger charge is 2.18. The average Bonchev–Trinajstić information content (AvgIpc) is 2.91. The first-order valence-electron chi connectivity index (χ1n) is 6.13. The van der Waals surface area contributed by atoms with Crippen LogP contribution in [0.5, 0.6) is 0 Å². The van der Waals surface area contributed by atoms with Crippen molar-refractivity contribution in [2.75, 3.05) is 0 Å². The lowest BCUT2D eigenvalue weighted by Gasteiger charge is -2.01. The van der Waals surface area contributed by atoms with Gasteiger partial charge >= 0.3 is 5.97 Å². The van der Waals surface area contributed by atoms with E-state index in [0.29, 0.717) is 22.2 Å². The van der Waals surface area contributed by atoms with E-state index >= 15 is 0 Å². The molecule has 2 N–H and O–H groups in total. The minimum Gasteiger partial charge on any atom is -0.478 e. The first-order valence-corrected chi connectivity index (χ1v) is 6.51. The number of halogens is 1. The van der Waals surface area contributed by atoms with Crippen LogP contribution in [0.1, 0.15) is 10.4 Å². The first kappa shape index (κ1) is 14.0. The average molecular weight is 318 g/mol. The van der Waals surface area contributed by atoms with Crippen molar-refractivity contribution in [2.45, 2.75) is 0 Å². The standard InChI is InChI=1S/C14H8ClN3O4/c15-10-5-4-7(6-11(10)18(21)22)12-8-2-1-3-9(14(19)20)13(8)17-16-12/h1-6H,(H,16,17)(H,19,20). The molecule has 0 saturated carbocycles. The summed E-state index contributed by atoms with van der Waals surface area (Å²) in [5.74, 6) is -1.08. The molecule has 1 aromatic heterocycles. The third-order valence-corrected chi connectivity index (χ3v) is 3.57. The number of carboxylic acid groups (broad SMARTS) is 1. The number of hydrogen-bond donors (Lipinski definition) is 2. The number of carbonyl (C=O) groups is 1. The first-order chi connectivity index (χ1) is 10.5. The van der Waals surface area contributed by atoms with Gasteiger partial charge in [0.1, 0.15) is 10.7 Å². The van der Waals surface area contributed by atoms with E-state index in [9.17, 15) is 14.9 Å². The fraction of sp³-hybridized carbons (Fsp3) is 0. The number of nitrogens with zero attached hydrogens (tertiary/aromatic N) is 2. The van der Waals surface area contributed by atoms with Crippen LogP contribution < -0.4 is 0 Å². The molecule has 0 spiro atoms. The lowest BCUT2D eigenvalue weighted by molar-refractivity contribution is -0.384. The normalized spacial score (nSPS) is 10.8. The van der Waals surface area contributed by atoms with E-state index in [2.05, 4.69) is 10.2 Å². The highest BCUT2D eigenvalue weighted by atomic mass is 35.5. The molecule has 1 heterocycles. The number of para-hydroxylation sites is 1. The smallest absolute Gasteiger partial charge is 0.337 e. The van der Waals surface area contributed by atoms with E-state index in [4.69, 9.17) is 16.7 Å². The number of aromatic amines is 1. The maximum atomic E-state index is 11.2. The molecular weight excluding hydrogens is 310 g/mol. The van der Waals surface area contributed by atoms with Gasteiger partial charge in [0, 0.05) is 17.0 Å². The van der Waals surface area contributed by atoms with Crippen LogP contribution in [-0.2, 0) is 0 Å². The number of H-pyrrole nitrogens is 1. The summed E-state index contributed by atoms with van der Waals surface area (Å²) in [6.07, 6.45) is 0. The van der Waals surface area contributed by atoms with Gasteiger partial charge in [-0.05, 0) is 12.1 Å². The molecule has 0 aliphatic carbocycles. The molecule has 22 heavy (non-hydrogen) atoms. The molecule has 8 heteroatoms. The van der Waals surface area contributed by atoms with Crippen molar-refractivity contribution < 1.29 is 14.8 Å². The Morgan fingerprint density at radius 2 is 2.09 bits per heavy atom. The Morgan fingerprint density at radius 3 is 2.77 bits per heavy atom. The maximum Gasteiger partial charge on any atom is 0.337 e. The van der Waals surface area contributed by atoms with Gasteiger partial charge in [0.2, 0.25) is 0 Å². The quantitative estimate of drug-likeness (QED) is 0.567. The highest BCUT2D eigenvalue weighted by molar-refractivity contribution is 6.32. The molecule has 0 amide bonds. The zero-order valence-corrected chi connectivity index (χ0v) is 11.7. The van der Waals surface area contributed by atoms with Crippen LogP contribution in [0.3, 0.4) is 0 Å². The third kappa shape index (κ3) is 2.17. The Balaban J connectivity index is 2.24. The molecule has 0 bridgehead atoms. The Morgan fingerprint density at radius 1 is 1.32 bits per heavy atom. The van der Waals surface area contributed by atoms with E-state index in [1.54, 1.807) is 18.2 Å². The molecule has 0 aliphatic heterocycles. The molecule has 2 aromatic carbocycles. The summed E-state index contributed by atoms with van der Waals surface area (Å²) in [7, 11) is 0. The fourth-order valence-electron chi connectivity index (χ4n) is 2.24. The van der Waals surface area contributed by atoms with Crippen LogP contribution in [-0.4, -0.2) is 26.2 Å². The summed E-state index contributed by atoms with van der Waals surface area (Å²) < 4.78 is 0. The molecule has 0 radical (unpaired) electrons. The van der Waals surface area contributed by atoms with Gasteiger partial charge in [-0.25, -0.2) is 4.79 Å².